The van der Waals surface area contributed by atoms with Crippen molar-refractivity contribution < 1.29 is 9.47 Å². The first-order valence-corrected chi connectivity index (χ1v) is 14.5. The van der Waals surface area contributed by atoms with Crippen LogP contribution in [0.25, 0.3) is 0 Å². The SMILES string of the molecule is C[C@@H]1CC(CC2C=CC(OC3CCCC(N)CC3)=CCC2)CC[C@H](OC2=CCCC(N)CC2)C1. The van der Waals surface area contributed by atoms with E-state index in [-0.39, 0.29) is 0 Å². The Balaban J connectivity index is 1.23. The minimum Gasteiger partial charge on any atom is -0.495 e. The maximum absolute atomic E-state index is 6.53. The Morgan fingerprint density at radius 2 is 1.62 bits per heavy atom. The molecule has 0 heterocycles. The van der Waals surface area contributed by atoms with Gasteiger partial charge in [0.15, 0.2) is 0 Å². The van der Waals surface area contributed by atoms with Gasteiger partial charge in [0.25, 0.3) is 0 Å². The normalized spacial score (nSPS) is 37.9. The highest BCUT2D eigenvalue weighted by Crippen LogP contribution is 2.36. The third kappa shape index (κ3) is 8.45. The summed E-state index contributed by atoms with van der Waals surface area (Å²) in [7, 11) is 0. The van der Waals surface area contributed by atoms with E-state index in [0.717, 1.165) is 75.4 Å². The van der Waals surface area contributed by atoms with E-state index in [4.69, 9.17) is 20.9 Å². The Bertz CT molecular complexity index is 715. The molecule has 0 saturated heterocycles. The van der Waals surface area contributed by atoms with Crippen LogP contribution in [-0.4, -0.2) is 24.3 Å². The molecule has 4 aliphatic carbocycles. The molecule has 0 aromatic rings. The van der Waals surface area contributed by atoms with Gasteiger partial charge in [0, 0.05) is 18.5 Å². The van der Waals surface area contributed by atoms with Crippen molar-refractivity contribution in [2.75, 3.05) is 0 Å². The van der Waals surface area contributed by atoms with Gasteiger partial charge in [-0.1, -0.05) is 13.0 Å². The van der Waals surface area contributed by atoms with Crippen LogP contribution in [-0.2, 0) is 9.47 Å². The predicted octanol–water partition coefficient (Wildman–Crippen LogP) is 6.90. The highest BCUT2D eigenvalue weighted by molar-refractivity contribution is 5.16. The summed E-state index contributed by atoms with van der Waals surface area (Å²) in [6.45, 7) is 2.43. The lowest BCUT2D eigenvalue weighted by Crippen LogP contribution is -2.19. The zero-order chi connectivity index (χ0) is 23.8. The van der Waals surface area contributed by atoms with Crippen molar-refractivity contribution in [2.24, 2.45) is 29.2 Å². The van der Waals surface area contributed by atoms with Gasteiger partial charge in [-0.2, -0.15) is 0 Å². The average Bonchev–Trinajstić information content (AvgIpc) is 3.30. The zero-order valence-electron chi connectivity index (χ0n) is 21.6. The summed E-state index contributed by atoms with van der Waals surface area (Å²) in [6.07, 6.45) is 28.8. The Morgan fingerprint density at radius 1 is 0.794 bits per heavy atom. The van der Waals surface area contributed by atoms with Crippen molar-refractivity contribution in [1.29, 1.82) is 0 Å². The maximum atomic E-state index is 6.53. The highest BCUT2D eigenvalue weighted by atomic mass is 16.5. The minimum absolute atomic E-state index is 0.341. The third-order valence-corrected chi connectivity index (χ3v) is 8.60. The first-order chi connectivity index (χ1) is 16.5. The van der Waals surface area contributed by atoms with Crippen LogP contribution >= 0.6 is 0 Å². The molecule has 192 valence electrons. The fraction of sp³-hybridized carbons (Fsp3) is 0.800. The van der Waals surface area contributed by atoms with Crippen LogP contribution in [0.3, 0.4) is 0 Å². The molecule has 0 spiro atoms. The van der Waals surface area contributed by atoms with Crippen LogP contribution < -0.4 is 11.5 Å². The summed E-state index contributed by atoms with van der Waals surface area (Å²) in [5.41, 5.74) is 12.3. The van der Waals surface area contributed by atoms with Crippen molar-refractivity contribution in [3.05, 3.63) is 35.8 Å². The molecule has 0 radical (unpaired) electrons. The second-order valence-electron chi connectivity index (χ2n) is 11.9. The van der Waals surface area contributed by atoms with Gasteiger partial charge in [0.05, 0.1) is 18.0 Å². The fourth-order valence-electron chi connectivity index (χ4n) is 6.60. The van der Waals surface area contributed by atoms with Crippen LogP contribution in [0.5, 0.6) is 0 Å². The molecule has 2 saturated carbocycles. The van der Waals surface area contributed by atoms with E-state index in [0.29, 0.717) is 30.2 Å². The van der Waals surface area contributed by atoms with Gasteiger partial charge in [0.2, 0.25) is 0 Å². The van der Waals surface area contributed by atoms with Gasteiger partial charge in [0.1, 0.15) is 5.76 Å². The molecule has 5 unspecified atom stereocenters. The highest BCUT2D eigenvalue weighted by Gasteiger charge is 2.27. The summed E-state index contributed by atoms with van der Waals surface area (Å²) < 4.78 is 12.9. The second-order valence-corrected chi connectivity index (χ2v) is 11.9. The standard InChI is InChI=1S/C30H50N2O2/c1-22-19-24(12-16-30(20-22)34-29-10-4-7-26(32)14-18-29)21-23-5-2-8-27(15-11-23)33-28-9-3-6-25(31)13-17-28/h8,10-11,15,22-26,28,30H,2-7,9,12-14,16-21,31-32H2,1H3/t22-,23?,24?,25?,26?,28?,30+/m1/s1. The number of rotatable bonds is 6. The van der Waals surface area contributed by atoms with Crippen LogP contribution in [0.15, 0.2) is 35.8 Å². The molecule has 2 fully saturated rings. The van der Waals surface area contributed by atoms with E-state index in [1.54, 1.807) is 0 Å². The van der Waals surface area contributed by atoms with E-state index in [2.05, 4.69) is 31.2 Å². The van der Waals surface area contributed by atoms with Crippen molar-refractivity contribution in [2.45, 2.75) is 134 Å². The van der Waals surface area contributed by atoms with Gasteiger partial charge >= 0.3 is 0 Å². The fourth-order valence-corrected chi connectivity index (χ4v) is 6.60. The van der Waals surface area contributed by atoms with E-state index in [1.165, 1.54) is 50.7 Å². The molecule has 0 aliphatic heterocycles. The van der Waals surface area contributed by atoms with Crippen molar-refractivity contribution in [1.82, 2.24) is 0 Å². The van der Waals surface area contributed by atoms with Crippen LogP contribution in [0.2, 0.25) is 0 Å². The Morgan fingerprint density at radius 3 is 2.53 bits per heavy atom. The molecule has 4 aliphatic rings. The minimum atomic E-state index is 0.341. The summed E-state index contributed by atoms with van der Waals surface area (Å²) in [5.74, 6) is 4.52. The predicted molar refractivity (Wildman–Crippen MR) is 141 cm³/mol. The zero-order valence-corrected chi connectivity index (χ0v) is 21.6. The van der Waals surface area contributed by atoms with E-state index in [1.807, 2.05) is 0 Å². The van der Waals surface area contributed by atoms with Gasteiger partial charge in [-0.3, -0.25) is 0 Å². The lowest BCUT2D eigenvalue weighted by molar-refractivity contribution is 0.0860. The quantitative estimate of drug-likeness (QED) is 0.414. The molecular weight excluding hydrogens is 420 g/mol. The Kier molecular flexibility index (Phi) is 9.99. The number of hydrogen-bond donors (Lipinski definition) is 2. The molecule has 4 nitrogen and oxygen atoms in total. The van der Waals surface area contributed by atoms with Crippen molar-refractivity contribution in [3.63, 3.8) is 0 Å². The summed E-state index contributed by atoms with van der Waals surface area (Å²) in [6, 6.07) is 0.707. The molecule has 0 bridgehead atoms. The van der Waals surface area contributed by atoms with Crippen molar-refractivity contribution >= 4 is 0 Å². The molecule has 0 aromatic heterocycles. The molecule has 0 aromatic carbocycles. The maximum Gasteiger partial charge on any atom is 0.115 e. The Labute approximate surface area is 208 Å². The summed E-state index contributed by atoms with van der Waals surface area (Å²) >= 11 is 0. The number of nitrogens with two attached hydrogens (primary N) is 2. The van der Waals surface area contributed by atoms with Crippen LogP contribution in [0.4, 0.5) is 0 Å². The van der Waals surface area contributed by atoms with Gasteiger partial charge < -0.3 is 20.9 Å². The van der Waals surface area contributed by atoms with Crippen molar-refractivity contribution in [3.8, 4) is 0 Å². The van der Waals surface area contributed by atoms with Crippen LogP contribution in [0.1, 0.15) is 110 Å². The summed E-state index contributed by atoms with van der Waals surface area (Å²) in [4.78, 5) is 0. The number of ether oxygens (including phenoxy) is 2. The average molecular weight is 471 g/mol. The topological polar surface area (TPSA) is 70.5 Å². The lowest BCUT2D eigenvalue weighted by atomic mass is 9.85. The Hall–Kier alpha value is -1.26. The monoisotopic (exact) mass is 470 g/mol. The van der Waals surface area contributed by atoms with Gasteiger partial charge in [-0.25, -0.2) is 0 Å². The van der Waals surface area contributed by atoms with E-state index in [9.17, 15) is 0 Å². The first-order valence-electron chi connectivity index (χ1n) is 14.5. The molecule has 34 heavy (non-hydrogen) atoms. The van der Waals surface area contributed by atoms with E-state index >= 15 is 0 Å². The third-order valence-electron chi connectivity index (χ3n) is 8.60. The summed E-state index contributed by atoms with van der Waals surface area (Å²) in [5, 5.41) is 0. The number of allylic oxidation sites excluding steroid dienone is 5. The molecule has 4 N–H and O–H groups in total. The smallest absolute Gasteiger partial charge is 0.115 e. The lowest BCUT2D eigenvalue weighted by Gasteiger charge is -2.21. The molecule has 4 heteroatoms. The van der Waals surface area contributed by atoms with E-state index < -0.39 is 0 Å². The molecular formula is C30H50N2O2. The van der Waals surface area contributed by atoms with Gasteiger partial charge in [-0.05, 0) is 132 Å². The molecule has 4 rings (SSSR count). The van der Waals surface area contributed by atoms with Crippen LogP contribution in [0, 0.1) is 17.8 Å². The largest absolute Gasteiger partial charge is 0.495 e. The molecule has 0 amide bonds. The first kappa shape index (κ1) is 25.8. The molecule has 7 atom stereocenters. The van der Waals surface area contributed by atoms with Gasteiger partial charge in [-0.15, -0.1) is 0 Å². The second kappa shape index (κ2) is 13.2. The number of hydrogen-bond acceptors (Lipinski definition) is 4.